The second kappa shape index (κ2) is 10.6. The van der Waals surface area contributed by atoms with Crippen LogP contribution in [0.4, 0.5) is 22.0 Å². The molecule has 0 spiro atoms. The Hall–Kier alpha value is -1.91. The average Bonchev–Trinajstić information content (AvgIpc) is 2.72. The number of halogens is 5. The maximum Gasteiger partial charge on any atom is 0.419 e. The third-order valence-electron chi connectivity index (χ3n) is 6.63. The predicted octanol–water partition coefficient (Wildman–Crippen LogP) is 8.62. The summed E-state index contributed by atoms with van der Waals surface area (Å²) >= 11 is 0. The molecule has 1 saturated carbocycles. The molecule has 2 aromatic rings. The Morgan fingerprint density at radius 2 is 1.58 bits per heavy atom. The van der Waals surface area contributed by atoms with Gasteiger partial charge in [-0.25, -0.2) is 8.78 Å². The van der Waals surface area contributed by atoms with Crippen LogP contribution in [0.2, 0.25) is 0 Å². The highest BCUT2D eigenvalue weighted by molar-refractivity contribution is 5.30. The Balaban J connectivity index is 1.55. The van der Waals surface area contributed by atoms with Crippen LogP contribution >= 0.6 is 0 Å². The Morgan fingerprint density at radius 3 is 2.19 bits per heavy atom. The number of unbranched alkanes of at least 4 members (excludes halogenated alkanes) is 2. The molecule has 1 aliphatic rings. The van der Waals surface area contributed by atoms with Gasteiger partial charge >= 0.3 is 6.18 Å². The second-order valence-corrected chi connectivity index (χ2v) is 8.88. The van der Waals surface area contributed by atoms with Crippen LogP contribution in [0, 0.1) is 17.6 Å². The fourth-order valence-corrected chi connectivity index (χ4v) is 4.71. The summed E-state index contributed by atoms with van der Waals surface area (Å²) in [7, 11) is 0. The molecule has 0 saturated heterocycles. The van der Waals surface area contributed by atoms with Crippen LogP contribution in [0.15, 0.2) is 36.4 Å². The van der Waals surface area contributed by atoms with Gasteiger partial charge in [0.1, 0.15) is 11.6 Å². The zero-order valence-corrected chi connectivity index (χ0v) is 18.1. The zero-order chi connectivity index (χ0) is 22.4. The summed E-state index contributed by atoms with van der Waals surface area (Å²) in [6.45, 7) is 2.22. The van der Waals surface area contributed by atoms with E-state index in [4.69, 9.17) is 0 Å². The molecule has 0 heterocycles. The molecular formula is C26H31F5. The van der Waals surface area contributed by atoms with Gasteiger partial charge in [0.05, 0.1) is 5.56 Å². The molecule has 5 heteroatoms. The summed E-state index contributed by atoms with van der Waals surface area (Å²) in [5.74, 6) is -0.368. The van der Waals surface area contributed by atoms with Crippen LogP contribution in [0.1, 0.15) is 86.5 Å². The van der Waals surface area contributed by atoms with Gasteiger partial charge in [-0.3, -0.25) is 0 Å². The van der Waals surface area contributed by atoms with Crippen molar-refractivity contribution in [3.8, 4) is 0 Å². The molecule has 0 radical (unpaired) electrons. The first-order valence-electron chi connectivity index (χ1n) is 11.4. The van der Waals surface area contributed by atoms with Crippen LogP contribution in [-0.4, -0.2) is 0 Å². The van der Waals surface area contributed by atoms with Gasteiger partial charge in [0.15, 0.2) is 0 Å². The van der Waals surface area contributed by atoms with Crippen LogP contribution in [0.5, 0.6) is 0 Å². The predicted molar refractivity (Wildman–Crippen MR) is 114 cm³/mol. The zero-order valence-electron chi connectivity index (χ0n) is 18.1. The summed E-state index contributed by atoms with van der Waals surface area (Å²) < 4.78 is 66.4. The highest BCUT2D eigenvalue weighted by Crippen LogP contribution is 2.38. The van der Waals surface area contributed by atoms with Gasteiger partial charge in [-0.1, -0.05) is 50.8 Å². The molecule has 2 aromatic carbocycles. The van der Waals surface area contributed by atoms with Gasteiger partial charge in [0, 0.05) is 0 Å². The van der Waals surface area contributed by atoms with Gasteiger partial charge in [-0.2, -0.15) is 13.2 Å². The number of hydrogen-bond acceptors (Lipinski definition) is 0. The van der Waals surface area contributed by atoms with E-state index in [0.29, 0.717) is 23.5 Å². The number of rotatable bonds is 8. The second-order valence-electron chi connectivity index (χ2n) is 8.88. The molecule has 170 valence electrons. The smallest absolute Gasteiger partial charge is 0.207 e. The summed E-state index contributed by atoms with van der Waals surface area (Å²) in [5.41, 5.74) is 0.702. The van der Waals surface area contributed by atoms with E-state index >= 15 is 0 Å². The van der Waals surface area contributed by atoms with Crippen molar-refractivity contribution in [2.24, 2.45) is 5.92 Å². The molecule has 3 rings (SSSR count). The molecule has 1 fully saturated rings. The molecule has 0 unspecified atom stereocenters. The van der Waals surface area contributed by atoms with E-state index in [1.807, 2.05) is 6.07 Å². The lowest BCUT2D eigenvalue weighted by Crippen LogP contribution is -2.13. The minimum atomic E-state index is -4.71. The first-order chi connectivity index (χ1) is 14.8. The van der Waals surface area contributed by atoms with E-state index in [1.54, 1.807) is 12.1 Å². The Morgan fingerprint density at radius 1 is 0.839 bits per heavy atom. The normalized spacial score (nSPS) is 19.5. The number of aryl methyl sites for hydroxylation is 2. The summed E-state index contributed by atoms with van der Waals surface area (Å²) in [4.78, 5) is 0. The third-order valence-corrected chi connectivity index (χ3v) is 6.63. The van der Waals surface area contributed by atoms with Crippen LogP contribution < -0.4 is 0 Å². The topological polar surface area (TPSA) is 0 Å². The lowest BCUT2D eigenvalue weighted by Gasteiger charge is -2.29. The van der Waals surface area contributed by atoms with Crippen LogP contribution in [0.25, 0.3) is 0 Å². The molecule has 31 heavy (non-hydrogen) atoms. The fraction of sp³-hybridized carbons (Fsp3) is 0.538. The maximum absolute atomic E-state index is 14.7. The molecular weight excluding hydrogens is 407 g/mol. The van der Waals surface area contributed by atoms with E-state index in [2.05, 4.69) is 6.92 Å². The van der Waals surface area contributed by atoms with Crippen molar-refractivity contribution in [2.75, 3.05) is 0 Å². The molecule has 1 aliphatic carbocycles. The van der Waals surface area contributed by atoms with Crippen molar-refractivity contribution in [3.63, 3.8) is 0 Å². The van der Waals surface area contributed by atoms with E-state index in [9.17, 15) is 22.0 Å². The number of alkyl halides is 3. The van der Waals surface area contributed by atoms with E-state index in [-0.39, 0.29) is 12.2 Å². The summed E-state index contributed by atoms with van der Waals surface area (Å²) in [5, 5.41) is 0. The minimum Gasteiger partial charge on any atom is -0.207 e. The van der Waals surface area contributed by atoms with Gasteiger partial charge in [0.2, 0.25) is 0 Å². The standard InChI is InChI=1S/C26H31F5/c1-2-3-4-5-18-6-10-20(11-7-18)22-14-13-21(24(27)17-22)12-8-19-9-15-23(25(28)16-19)26(29,30)31/h9,13-18,20H,2-8,10-12H2,1H3. The first-order valence-corrected chi connectivity index (χ1v) is 11.4. The maximum atomic E-state index is 14.7. The van der Waals surface area contributed by atoms with E-state index in [1.165, 1.54) is 44.6 Å². The van der Waals surface area contributed by atoms with Crippen molar-refractivity contribution in [3.05, 3.63) is 70.3 Å². The number of hydrogen-bond donors (Lipinski definition) is 0. The Bertz CT molecular complexity index is 847. The van der Waals surface area contributed by atoms with Gasteiger partial charge in [0.25, 0.3) is 0 Å². The molecule has 0 atom stereocenters. The largest absolute Gasteiger partial charge is 0.419 e. The molecule has 0 bridgehead atoms. The molecule has 0 N–H and O–H groups in total. The van der Waals surface area contributed by atoms with E-state index in [0.717, 1.165) is 36.5 Å². The lowest BCUT2D eigenvalue weighted by molar-refractivity contribution is -0.140. The fourth-order valence-electron chi connectivity index (χ4n) is 4.71. The number of benzene rings is 2. The van der Waals surface area contributed by atoms with E-state index < -0.39 is 17.6 Å². The van der Waals surface area contributed by atoms with Crippen molar-refractivity contribution < 1.29 is 22.0 Å². The summed E-state index contributed by atoms with van der Waals surface area (Å²) in [6.07, 6.45) is 5.65. The van der Waals surface area contributed by atoms with Crippen molar-refractivity contribution in [2.45, 2.75) is 83.2 Å². The molecule has 0 amide bonds. The lowest BCUT2D eigenvalue weighted by atomic mass is 9.77. The monoisotopic (exact) mass is 438 g/mol. The molecule has 0 aliphatic heterocycles. The van der Waals surface area contributed by atoms with Gasteiger partial charge in [-0.05, 0) is 85.3 Å². The average molecular weight is 439 g/mol. The Labute approximate surface area is 181 Å². The minimum absolute atomic E-state index is 0.282. The van der Waals surface area contributed by atoms with Gasteiger partial charge < -0.3 is 0 Å². The molecule has 0 nitrogen and oxygen atoms in total. The quantitative estimate of drug-likeness (QED) is 0.286. The highest BCUT2D eigenvalue weighted by Gasteiger charge is 2.33. The van der Waals surface area contributed by atoms with Crippen LogP contribution in [-0.2, 0) is 19.0 Å². The van der Waals surface area contributed by atoms with Crippen molar-refractivity contribution >= 4 is 0 Å². The van der Waals surface area contributed by atoms with Crippen molar-refractivity contribution in [1.29, 1.82) is 0 Å². The van der Waals surface area contributed by atoms with Crippen molar-refractivity contribution in [1.82, 2.24) is 0 Å². The van der Waals surface area contributed by atoms with Crippen LogP contribution in [0.3, 0.4) is 0 Å². The van der Waals surface area contributed by atoms with Gasteiger partial charge in [-0.15, -0.1) is 0 Å². The molecule has 0 aromatic heterocycles. The Kier molecular flexibility index (Phi) is 8.12. The third kappa shape index (κ3) is 6.54. The first kappa shape index (κ1) is 23.7. The SMILES string of the molecule is CCCCCC1CCC(c2ccc(CCc3ccc(C(F)(F)F)c(F)c3)c(F)c2)CC1. The summed E-state index contributed by atoms with van der Waals surface area (Å²) in [6, 6.07) is 8.28. The highest BCUT2D eigenvalue weighted by atomic mass is 19.4.